The molecule has 0 spiro atoms. The van der Waals surface area contributed by atoms with E-state index in [-0.39, 0.29) is 0 Å². The van der Waals surface area contributed by atoms with Crippen LogP contribution in [-0.4, -0.2) is 52.2 Å². The molecule has 0 atom stereocenters. The van der Waals surface area contributed by atoms with Gasteiger partial charge in [0.1, 0.15) is 5.65 Å². The third kappa shape index (κ3) is 5.70. The highest BCUT2D eigenvalue weighted by Crippen LogP contribution is 2.36. The summed E-state index contributed by atoms with van der Waals surface area (Å²) in [5, 5.41) is 8.12. The van der Waals surface area contributed by atoms with Crippen LogP contribution in [0.1, 0.15) is 70.4 Å². The van der Waals surface area contributed by atoms with Gasteiger partial charge in [-0.15, -0.1) is 0 Å². The summed E-state index contributed by atoms with van der Waals surface area (Å²) < 4.78 is 2.46. The summed E-state index contributed by atoms with van der Waals surface area (Å²) in [6, 6.07) is 9.71. The third-order valence-corrected chi connectivity index (χ3v) is 8.12. The molecule has 5 rings (SSSR count). The summed E-state index contributed by atoms with van der Waals surface area (Å²) in [6.07, 6.45) is 13.2. The number of anilines is 1. The maximum atomic E-state index is 5.06. The van der Waals surface area contributed by atoms with Crippen molar-refractivity contribution in [2.75, 3.05) is 38.0 Å². The first kappa shape index (κ1) is 24.3. The van der Waals surface area contributed by atoms with E-state index in [0.29, 0.717) is 12.0 Å². The van der Waals surface area contributed by atoms with Gasteiger partial charge in [-0.2, -0.15) is 4.98 Å². The van der Waals surface area contributed by atoms with Crippen LogP contribution in [0.2, 0.25) is 0 Å². The number of hydrogen-bond donors (Lipinski definition) is 2. The molecule has 188 valence electrons. The first-order valence-electron chi connectivity index (χ1n) is 13.9. The van der Waals surface area contributed by atoms with Crippen molar-refractivity contribution in [1.82, 2.24) is 24.8 Å². The lowest BCUT2D eigenvalue weighted by molar-refractivity contribution is 0.233. The molecule has 1 aliphatic carbocycles. The van der Waals surface area contributed by atoms with Crippen molar-refractivity contribution in [2.45, 2.75) is 71.4 Å². The molecule has 2 N–H and O–H groups in total. The van der Waals surface area contributed by atoms with Gasteiger partial charge in [-0.05, 0) is 29.9 Å². The van der Waals surface area contributed by atoms with Crippen molar-refractivity contribution in [3.8, 4) is 11.1 Å². The van der Waals surface area contributed by atoms with Gasteiger partial charge in [0.25, 0.3) is 0 Å². The van der Waals surface area contributed by atoms with E-state index in [1.807, 2.05) is 6.20 Å². The number of fused-ring (bicyclic) bond motifs is 1. The van der Waals surface area contributed by atoms with Gasteiger partial charge in [0.15, 0.2) is 0 Å². The van der Waals surface area contributed by atoms with Crippen LogP contribution in [0.5, 0.6) is 0 Å². The molecule has 2 fully saturated rings. The molecule has 0 bridgehead atoms. The predicted molar refractivity (Wildman–Crippen MR) is 146 cm³/mol. The van der Waals surface area contributed by atoms with Gasteiger partial charge in [-0.3, -0.25) is 4.90 Å². The van der Waals surface area contributed by atoms with E-state index in [0.717, 1.165) is 50.9 Å². The Morgan fingerprint density at radius 2 is 1.77 bits per heavy atom. The second-order valence-corrected chi connectivity index (χ2v) is 10.5. The first-order chi connectivity index (χ1) is 17.2. The number of benzene rings is 1. The van der Waals surface area contributed by atoms with Crippen molar-refractivity contribution < 1.29 is 0 Å². The summed E-state index contributed by atoms with van der Waals surface area (Å²) in [5.41, 5.74) is 4.98. The fraction of sp³-hybridized carbons (Fsp3) is 0.586. The van der Waals surface area contributed by atoms with Crippen LogP contribution in [0.25, 0.3) is 22.2 Å². The Bertz CT molecular complexity index is 1070. The van der Waals surface area contributed by atoms with Crippen LogP contribution < -0.4 is 10.6 Å². The van der Waals surface area contributed by atoms with Gasteiger partial charge in [-0.1, -0.05) is 70.2 Å². The van der Waals surface area contributed by atoms with Gasteiger partial charge in [0.05, 0.1) is 0 Å². The SMILES string of the molecule is CCC(CC)CNc1ncc2c(-c3ccc(CN4CCNCC4)cc3)cn(C3CCCCC3)c2n1. The lowest BCUT2D eigenvalue weighted by atomic mass is 9.95. The van der Waals surface area contributed by atoms with E-state index in [1.54, 1.807) is 0 Å². The number of nitrogens with one attached hydrogen (secondary N) is 2. The number of piperazine rings is 1. The number of nitrogens with zero attached hydrogens (tertiary/aromatic N) is 4. The summed E-state index contributed by atoms with van der Waals surface area (Å²) >= 11 is 0. The average molecular weight is 475 g/mol. The summed E-state index contributed by atoms with van der Waals surface area (Å²) in [7, 11) is 0. The topological polar surface area (TPSA) is 58.0 Å². The minimum atomic E-state index is 0.536. The zero-order valence-corrected chi connectivity index (χ0v) is 21.6. The van der Waals surface area contributed by atoms with Crippen molar-refractivity contribution >= 4 is 17.0 Å². The fourth-order valence-electron chi connectivity index (χ4n) is 5.71. The molecule has 1 saturated carbocycles. The smallest absolute Gasteiger partial charge is 0.224 e. The molecule has 6 heteroatoms. The summed E-state index contributed by atoms with van der Waals surface area (Å²) in [5.74, 6) is 1.42. The quantitative estimate of drug-likeness (QED) is 0.407. The predicted octanol–water partition coefficient (Wildman–Crippen LogP) is 5.86. The van der Waals surface area contributed by atoms with Crippen molar-refractivity contribution in [2.24, 2.45) is 5.92 Å². The number of hydrogen-bond acceptors (Lipinski definition) is 5. The second kappa shape index (κ2) is 11.5. The monoisotopic (exact) mass is 474 g/mol. The molecule has 2 aliphatic rings. The first-order valence-corrected chi connectivity index (χ1v) is 13.9. The van der Waals surface area contributed by atoms with Crippen molar-refractivity contribution in [3.63, 3.8) is 0 Å². The second-order valence-electron chi connectivity index (χ2n) is 10.5. The Morgan fingerprint density at radius 1 is 1.03 bits per heavy atom. The van der Waals surface area contributed by atoms with Crippen molar-refractivity contribution in [1.29, 1.82) is 0 Å². The van der Waals surface area contributed by atoms with E-state index < -0.39 is 0 Å². The molecule has 0 radical (unpaired) electrons. The molecular weight excluding hydrogens is 432 g/mol. The minimum Gasteiger partial charge on any atom is -0.354 e. The maximum Gasteiger partial charge on any atom is 0.224 e. The molecule has 3 heterocycles. The van der Waals surface area contributed by atoms with E-state index in [1.165, 1.54) is 67.0 Å². The molecule has 1 aromatic carbocycles. The fourth-order valence-corrected chi connectivity index (χ4v) is 5.71. The molecule has 1 saturated heterocycles. The largest absolute Gasteiger partial charge is 0.354 e. The van der Waals surface area contributed by atoms with Crippen LogP contribution in [0.15, 0.2) is 36.7 Å². The Morgan fingerprint density at radius 3 is 2.49 bits per heavy atom. The Balaban J connectivity index is 1.43. The Kier molecular flexibility index (Phi) is 7.99. The Hall–Kier alpha value is -2.44. The third-order valence-electron chi connectivity index (χ3n) is 8.12. The molecule has 1 aliphatic heterocycles. The normalized spacial score (nSPS) is 17.9. The lowest BCUT2D eigenvalue weighted by Gasteiger charge is -2.27. The summed E-state index contributed by atoms with van der Waals surface area (Å²) in [6.45, 7) is 10.9. The average Bonchev–Trinajstić information content (AvgIpc) is 3.30. The van der Waals surface area contributed by atoms with Crippen LogP contribution in [0, 0.1) is 5.92 Å². The van der Waals surface area contributed by atoms with E-state index in [9.17, 15) is 0 Å². The molecular formula is C29H42N6. The highest BCUT2D eigenvalue weighted by Gasteiger charge is 2.21. The van der Waals surface area contributed by atoms with Crippen LogP contribution in [-0.2, 0) is 6.54 Å². The van der Waals surface area contributed by atoms with Gasteiger partial charge >= 0.3 is 0 Å². The van der Waals surface area contributed by atoms with Gasteiger partial charge in [0, 0.05) is 68.7 Å². The van der Waals surface area contributed by atoms with Gasteiger partial charge in [-0.25, -0.2) is 4.98 Å². The van der Waals surface area contributed by atoms with Gasteiger partial charge in [0.2, 0.25) is 5.95 Å². The highest BCUT2D eigenvalue weighted by molar-refractivity contribution is 5.94. The highest BCUT2D eigenvalue weighted by atomic mass is 15.2. The van der Waals surface area contributed by atoms with Gasteiger partial charge < -0.3 is 15.2 Å². The minimum absolute atomic E-state index is 0.536. The number of rotatable bonds is 9. The molecule has 35 heavy (non-hydrogen) atoms. The lowest BCUT2D eigenvalue weighted by Crippen LogP contribution is -2.42. The standard InChI is InChI=1S/C29H42N6/c1-3-22(4-2)18-31-29-32-19-26-27(21-35(28(26)33-29)25-8-6-5-7-9-25)24-12-10-23(11-13-24)20-34-16-14-30-15-17-34/h10-13,19,21-22,25,30H,3-9,14-18,20H2,1-2H3,(H,31,32,33). The van der Waals surface area contributed by atoms with E-state index in [4.69, 9.17) is 9.97 Å². The molecule has 6 nitrogen and oxygen atoms in total. The molecule has 2 aromatic heterocycles. The van der Waals surface area contributed by atoms with E-state index in [2.05, 4.69) is 64.4 Å². The molecule has 0 unspecified atom stereocenters. The Labute approximate surface area is 210 Å². The zero-order valence-electron chi connectivity index (χ0n) is 21.6. The molecule has 3 aromatic rings. The maximum absolute atomic E-state index is 5.06. The van der Waals surface area contributed by atoms with Crippen LogP contribution in [0.4, 0.5) is 5.95 Å². The zero-order chi connectivity index (χ0) is 24.0. The molecule has 0 amide bonds. The number of aromatic nitrogens is 3. The van der Waals surface area contributed by atoms with Crippen LogP contribution in [0.3, 0.4) is 0 Å². The van der Waals surface area contributed by atoms with Crippen LogP contribution >= 0.6 is 0 Å². The van der Waals surface area contributed by atoms with Crippen molar-refractivity contribution in [3.05, 3.63) is 42.2 Å². The summed E-state index contributed by atoms with van der Waals surface area (Å²) in [4.78, 5) is 12.3. The van der Waals surface area contributed by atoms with E-state index >= 15 is 0 Å².